The smallest absolute Gasteiger partial charge is 0.254 e. The zero-order valence-corrected chi connectivity index (χ0v) is 13.9. The largest absolute Gasteiger partial charge is 0.383 e. The van der Waals surface area contributed by atoms with E-state index in [0.29, 0.717) is 30.3 Å². The standard InChI is InChI=1S/C12H14Br2ClNO2/c1-18-7-6-16(5-4-13)12(17)9-2-3-10(14)11(15)8-9/h2-3,8H,4-7H2,1H3. The van der Waals surface area contributed by atoms with Gasteiger partial charge in [-0.15, -0.1) is 0 Å². The summed E-state index contributed by atoms with van der Waals surface area (Å²) < 4.78 is 5.79. The summed E-state index contributed by atoms with van der Waals surface area (Å²) in [5.74, 6) is -0.0408. The van der Waals surface area contributed by atoms with E-state index in [4.69, 9.17) is 16.3 Å². The molecule has 0 unspecified atom stereocenters. The topological polar surface area (TPSA) is 29.5 Å². The van der Waals surface area contributed by atoms with Crippen LogP contribution in [0.3, 0.4) is 0 Å². The van der Waals surface area contributed by atoms with E-state index < -0.39 is 0 Å². The molecule has 0 spiro atoms. The van der Waals surface area contributed by atoms with Crippen LogP contribution in [0.5, 0.6) is 0 Å². The SMILES string of the molecule is COCCN(CCBr)C(=O)c1ccc(Br)c(Cl)c1. The minimum atomic E-state index is -0.0408. The van der Waals surface area contributed by atoms with Gasteiger partial charge in [-0.25, -0.2) is 0 Å². The predicted octanol–water partition coefficient (Wildman–Crippen LogP) is 3.59. The zero-order valence-electron chi connectivity index (χ0n) is 9.96. The molecule has 100 valence electrons. The van der Waals surface area contributed by atoms with Crippen LogP contribution in [-0.4, -0.2) is 42.9 Å². The van der Waals surface area contributed by atoms with Crippen LogP contribution in [0.1, 0.15) is 10.4 Å². The van der Waals surface area contributed by atoms with E-state index in [9.17, 15) is 4.79 Å². The quantitative estimate of drug-likeness (QED) is 0.685. The van der Waals surface area contributed by atoms with Gasteiger partial charge in [0.2, 0.25) is 0 Å². The molecule has 0 heterocycles. The van der Waals surface area contributed by atoms with E-state index in [1.54, 1.807) is 30.2 Å². The number of hydrogen-bond donors (Lipinski definition) is 0. The van der Waals surface area contributed by atoms with Crippen molar-refractivity contribution in [2.45, 2.75) is 0 Å². The number of amides is 1. The second kappa shape index (κ2) is 8.15. The summed E-state index contributed by atoms with van der Waals surface area (Å²) in [4.78, 5) is 14.0. The van der Waals surface area contributed by atoms with E-state index in [1.165, 1.54) is 0 Å². The van der Waals surface area contributed by atoms with Gasteiger partial charge in [0.1, 0.15) is 0 Å². The first-order chi connectivity index (χ1) is 8.60. The fourth-order valence-electron chi connectivity index (χ4n) is 1.43. The number of carbonyl (C=O) groups excluding carboxylic acids is 1. The van der Waals surface area contributed by atoms with Crippen LogP contribution in [0.2, 0.25) is 5.02 Å². The molecule has 0 saturated carbocycles. The molecule has 18 heavy (non-hydrogen) atoms. The Morgan fingerprint density at radius 3 is 2.72 bits per heavy atom. The van der Waals surface area contributed by atoms with E-state index in [0.717, 1.165) is 9.80 Å². The molecule has 1 rings (SSSR count). The van der Waals surface area contributed by atoms with Crippen LogP contribution in [0.4, 0.5) is 0 Å². The first-order valence-corrected chi connectivity index (χ1v) is 7.68. The number of ether oxygens (including phenoxy) is 1. The molecule has 6 heteroatoms. The average molecular weight is 400 g/mol. The summed E-state index contributed by atoms with van der Waals surface area (Å²) in [6.07, 6.45) is 0. The van der Waals surface area contributed by atoms with Crippen molar-refractivity contribution in [3.8, 4) is 0 Å². The third kappa shape index (κ3) is 4.53. The second-order valence-corrected chi connectivity index (χ2v) is 5.66. The summed E-state index contributed by atoms with van der Waals surface area (Å²) in [5.41, 5.74) is 0.584. The molecule has 1 amide bonds. The number of alkyl halides is 1. The molecule has 1 aromatic rings. The maximum absolute atomic E-state index is 12.3. The molecule has 3 nitrogen and oxygen atoms in total. The molecule has 0 N–H and O–H groups in total. The molecule has 1 aromatic carbocycles. The molecule has 0 bridgehead atoms. The van der Waals surface area contributed by atoms with Crippen molar-refractivity contribution in [3.63, 3.8) is 0 Å². The molecule has 0 saturated heterocycles. The van der Waals surface area contributed by atoms with Gasteiger partial charge in [0, 0.05) is 35.6 Å². The maximum Gasteiger partial charge on any atom is 0.254 e. The number of benzene rings is 1. The molecular formula is C12H14Br2ClNO2. The van der Waals surface area contributed by atoms with Gasteiger partial charge in [-0.2, -0.15) is 0 Å². The number of halogens is 3. The van der Waals surface area contributed by atoms with Gasteiger partial charge in [0.15, 0.2) is 0 Å². The summed E-state index contributed by atoms with van der Waals surface area (Å²) >= 11 is 12.6. The van der Waals surface area contributed by atoms with Gasteiger partial charge in [-0.3, -0.25) is 4.79 Å². The van der Waals surface area contributed by atoms with Crippen molar-refractivity contribution in [1.29, 1.82) is 0 Å². The Labute approximate surface area is 129 Å². The average Bonchev–Trinajstić information content (AvgIpc) is 2.37. The third-order valence-electron chi connectivity index (χ3n) is 2.37. The number of nitrogens with zero attached hydrogens (tertiary/aromatic N) is 1. The van der Waals surface area contributed by atoms with Crippen LogP contribution >= 0.6 is 43.5 Å². The molecule has 0 atom stereocenters. The van der Waals surface area contributed by atoms with Gasteiger partial charge in [0.25, 0.3) is 5.91 Å². The zero-order chi connectivity index (χ0) is 13.5. The highest BCUT2D eigenvalue weighted by molar-refractivity contribution is 9.10. The van der Waals surface area contributed by atoms with Crippen molar-refractivity contribution in [3.05, 3.63) is 33.3 Å². The Bertz CT molecular complexity index is 415. The first kappa shape index (κ1) is 16.0. The Kier molecular flexibility index (Phi) is 7.22. The van der Waals surface area contributed by atoms with Crippen molar-refractivity contribution in [1.82, 2.24) is 4.90 Å². The lowest BCUT2D eigenvalue weighted by molar-refractivity contribution is 0.0709. The molecule has 0 aromatic heterocycles. The van der Waals surface area contributed by atoms with Crippen LogP contribution in [0.15, 0.2) is 22.7 Å². The van der Waals surface area contributed by atoms with Crippen LogP contribution in [-0.2, 0) is 4.74 Å². The molecule has 0 radical (unpaired) electrons. The number of rotatable bonds is 6. The monoisotopic (exact) mass is 397 g/mol. The van der Waals surface area contributed by atoms with Gasteiger partial charge in [-0.1, -0.05) is 27.5 Å². The van der Waals surface area contributed by atoms with E-state index in [-0.39, 0.29) is 5.91 Å². The van der Waals surface area contributed by atoms with E-state index in [1.807, 2.05) is 0 Å². The number of hydrogen-bond acceptors (Lipinski definition) is 2. The van der Waals surface area contributed by atoms with Gasteiger partial charge in [-0.05, 0) is 34.1 Å². The molecule has 0 aliphatic heterocycles. The van der Waals surface area contributed by atoms with Crippen LogP contribution in [0.25, 0.3) is 0 Å². The summed E-state index contributed by atoms with van der Waals surface area (Å²) in [6.45, 7) is 1.72. The van der Waals surface area contributed by atoms with Gasteiger partial charge >= 0.3 is 0 Å². The minimum absolute atomic E-state index is 0.0408. The van der Waals surface area contributed by atoms with Crippen LogP contribution in [0, 0.1) is 0 Å². The molecular weight excluding hydrogens is 385 g/mol. The summed E-state index contributed by atoms with van der Waals surface area (Å²) in [6, 6.07) is 5.20. The van der Waals surface area contributed by atoms with E-state index in [2.05, 4.69) is 31.9 Å². The first-order valence-electron chi connectivity index (χ1n) is 5.39. The van der Waals surface area contributed by atoms with Gasteiger partial charge < -0.3 is 9.64 Å². The Morgan fingerprint density at radius 2 is 2.17 bits per heavy atom. The minimum Gasteiger partial charge on any atom is -0.383 e. The number of carbonyl (C=O) groups is 1. The van der Waals surface area contributed by atoms with Crippen molar-refractivity contribution in [2.24, 2.45) is 0 Å². The summed E-state index contributed by atoms with van der Waals surface area (Å²) in [7, 11) is 1.62. The van der Waals surface area contributed by atoms with Crippen molar-refractivity contribution >= 4 is 49.4 Å². The normalized spacial score (nSPS) is 10.4. The van der Waals surface area contributed by atoms with Crippen molar-refractivity contribution in [2.75, 3.05) is 32.1 Å². The second-order valence-electron chi connectivity index (χ2n) is 3.60. The fraction of sp³-hybridized carbons (Fsp3) is 0.417. The lowest BCUT2D eigenvalue weighted by Crippen LogP contribution is -2.35. The molecule has 0 aliphatic carbocycles. The highest BCUT2D eigenvalue weighted by Gasteiger charge is 2.15. The van der Waals surface area contributed by atoms with Crippen molar-refractivity contribution < 1.29 is 9.53 Å². The Hall–Kier alpha value is -0.100. The Balaban J connectivity index is 2.83. The third-order valence-corrected chi connectivity index (χ3v) is 3.96. The lowest BCUT2D eigenvalue weighted by Gasteiger charge is -2.21. The molecule has 0 aliphatic rings. The van der Waals surface area contributed by atoms with Gasteiger partial charge in [0.05, 0.1) is 11.6 Å². The van der Waals surface area contributed by atoms with E-state index >= 15 is 0 Å². The highest BCUT2D eigenvalue weighted by atomic mass is 79.9. The summed E-state index contributed by atoms with van der Waals surface area (Å²) in [5, 5.41) is 1.26. The maximum atomic E-state index is 12.3. The fourth-order valence-corrected chi connectivity index (χ4v) is 2.29. The molecule has 0 fully saturated rings. The predicted molar refractivity (Wildman–Crippen MR) is 80.7 cm³/mol. The lowest BCUT2D eigenvalue weighted by atomic mass is 10.2. The Morgan fingerprint density at radius 1 is 1.44 bits per heavy atom. The highest BCUT2D eigenvalue weighted by Crippen LogP contribution is 2.23. The number of methoxy groups -OCH3 is 1. The van der Waals surface area contributed by atoms with Crippen LogP contribution < -0.4 is 0 Å².